The van der Waals surface area contributed by atoms with Crippen LogP contribution in [0.25, 0.3) is 0 Å². The van der Waals surface area contributed by atoms with Gasteiger partial charge in [-0.1, -0.05) is 6.08 Å². The second-order valence-corrected chi connectivity index (χ2v) is 7.14. The molecule has 5 nitrogen and oxygen atoms in total. The van der Waals surface area contributed by atoms with E-state index < -0.39 is 5.60 Å². The molecule has 0 aromatic carbocycles. The molecule has 0 bridgehead atoms. The van der Waals surface area contributed by atoms with Crippen LogP contribution < -0.4 is 4.74 Å². The van der Waals surface area contributed by atoms with Gasteiger partial charge in [-0.15, -0.1) is 0 Å². The fourth-order valence-electron chi connectivity index (χ4n) is 1.98. The molecule has 0 saturated heterocycles. The van der Waals surface area contributed by atoms with Crippen molar-refractivity contribution in [2.45, 2.75) is 32.8 Å². The Morgan fingerprint density at radius 3 is 2.82 bits per heavy atom. The van der Waals surface area contributed by atoms with E-state index in [0.717, 1.165) is 15.9 Å². The summed E-state index contributed by atoms with van der Waals surface area (Å²) in [5.74, 6) is 0.790. The quantitative estimate of drug-likeness (QED) is 0.429. The fourth-order valence-corrected chi connectivity index (χ4v) is 2.48. The molecule has 2 heterocycles. The molecule has 6 heteroatoms. The normalized spacial score (nSPS) is 15.3. The molecule has 0 fully saturated rings. The van der Waals surface area contributed by atoms with Crippen LogP contribution in [-0.4, -0.2) is 41.3 Å². The average Bonchev–Trinajstić information content (AvgIpc) is 2.45. The number of hydrogen-bond donors (Lipinski definition) is 0. The minimum atomic E-state index is -0.457. The maximum Gasteiger partial charge on any atom is 0.410 e. The van der Waals surface area contributed by atoms with Gasteiger partial charge in [0, 0.05) is 19.3 Å². The predicted molar refractivity (Wildman–Crippen MR) is 93.0 cm³/mol. The van der Waals surface area contributed by atoms with E-state index in [-0.39, 0.29) is 6.09 Å². The van der Waals surface area contributed by atoms with Crippen molar-refractivity contribution in [3.8, 4) is 5.75 Å². The van der Waals surface area contributed by atoms with Gasteiger partial charge in [0.05, 0.1) is 0 Å². The molecule has 120 valence electrons. The Morgan fingerprint density at radius 2 is 2.23 bits per heavy atom. The van der Waals surface area contributed by atoms with Crippen LogP contribution in [0.2, 0.25) is 0 Å². The van der Waals surface area contributed by atoms with Gasteiger partial charge in [-0.25, -0.2) is 9.78 Å². The van der Waals surface area contributed by atoms with Gasteiger partial charge in [-0.3, -0.25) is 0 Å². The first-order valence-corrected chi connectivity index (χ1v) is 8.32. The molecular weight excluding hydrogens is 395 g/mol. The van der Waals surface area contributed by atoms with E-state index in [1.807, 2.05) is 39.0 Å². The van der Waals surface area contributed by atoms with Crippen LogP contribution in [0.1, 0.15) is 27.2 Å². The molecule has 22 heavy (non-hydrogen) atoms. The molecule has 0 N–H and O–H groups in total. The summed E-state index contributed by atoms with van der Waals surface area (Å²) in [6, 6.07) is 3.77. The first kappa shape index (κ1) is 17.1. The minimum absolute atomic E-state index is 0.259. The van der Waals surface area contributed by atoms with Gasteiger partial charge in [0.15, 0.2) is 5.75 Å². The highest BCUT2D eigenvalue weighted by molar-refractivity contribution is 14.1. The van der Waals surface area contributed by atoms with E-state index in [1.54, 1.807) is 11.1 Å². The van der Waals surface area contributed by atoms with E-state index in [1.165, 1.54) is 5.57 Å². The first-order valence-electron chi connectivity index (χ1n) is 7.24. The standard InChI is InChI=1S/C16H21IN2O3/c1-16(2,3)22-15(20)19-9-6-12(7-10-19)11-21-13-5-4-8-18-14(13)17/h4-6,8H,7,9-11H2,1-3H3. The van der Waals surface area contributed by atoms with Crippen LogP contribution in [-0.2, 0) is 4.74 Å². The maximum atomic E-state index is 12.0. The molecule has 1 aliphatic heterocycles. The van der Waals surface area contributed by atoms with Crippen molar-refractivity contribution < 1.29 is 14.3 Å². The number of hydrogen-bond acceptors (Lipinski definition) is 4. The molecule has 0 unspecified atom stereocenters. The fraction of sp³-hybridized carbons (Fsp3) is 0.500. The third-order valence-corrected chi connectivity index (χ3v) is 3.90. The van der Waals surface area contributed by atoms with Crippen LogP contribution in [0.4, 0.5) is 4.79 Å². The molecule has 0 spiro atoms. The van der Waals surface area contributed by atoms with Crippen molar-refractivity contribution in [2.24, 2.45) is 0 Å². The SMILES string of the molecule is CC(C)(C)OC(=O)N1CC=C(COc2cccnc2I)CC1. The molecule has 0 aliphatic carbocycles. The Kier molecular flexibility index (Phi) is 5.66. The Labute approximate surface area is 144 Å². The van der Waals surface area contributed by atoms with Crippen molar-refractivity contribution in [1.29, 1.82) is 0 Å². The van der Waals surface area contributed by atoms with Gasteiger partial charge in [-0.2, -0.15) is 0 Å². The summed E-state index contributed by atoms with van der Waals surface area (Å²) in [6.07, 6.45) is 4.32. The lowest BCUT2D eigenvalue weighted by Crippen LogP contribution is -2.39. The molecule has 0 atom stereocenters. The number of aromatic nitrogens is 1. The topological polar surface area (TPSA) is 51.7 Å². The van der Waals surface area contributed by atoms with Crippen molar-refractivity contribution in [1.82, 2.24) is 9.88 Å². The number of amides is 1. The van der Waals surface area contributed by atoms with Crippen LogP contribution in [0.5, 0.6) is 5.75 Å². The summed E-state index contributed by atoms with van der Waals surface area (Å²) in [7, 11) is 0. The third kappa shape index (κ3) is 5.15. The molecule has 1 aromatic heterocycles. The Hall–Kier alpha value is -1.31. The second kappa shape index (κ2) is 7.30. The van der Waals surface area contributed by atoms with Gasteiger partial charge in [-0.05, 0) is 67.5 Å². The van der Waals surface area contributed by atoms with E-state index in [4.69, 9.17) is 9.47 Å². The van der Waals surface area contributed by atoms with Gasteiger partial charge in [0.25, 0.3) is 0 Å². The predicted octanol–water partition coefficient (Wildman–Crippen LogP) is 3.63. The summed E-state index contributed by atoms with van der Waals surface area (Å²) in [5.41, 5.74) is 0.737. The molecule has 2 rings (SSSR count). The van der Waals surface area contributed by atoms with E-state index >= 15 is 0 Å². The summed E-state index contributed by atoms with van der Waals surface area (Å²) in [5, 5.41) is 0. The van der Waals surface area contributed by atoms with Crippen molar-refractivity contribution in [2.75, 3.05) is 19.7 Å². The van der Waals surface area contributed by atoms with Gasteiger partial charge < -0.3 is 14.4 Å². The molecule has 0 saturated carbocycles. The number of ether oxygens (including phenoxy) is 2. The zero-order valence-electron chi connectivity index (χ0n) is 13.1. The van der Waals surface area contributed by atoms with Crippen molar-refractivity contribution >= 4 is 28.7 Å². The number of rotatable bonds is 3. The summed E-state index contributed by atoms with van der Waals surface area (Å²) < 4.78 is 12.0. The third-order valence-electron chi connectivity index (χ3n) is 3.09. The van der Waals surface area contributed by atoms with Crippen molar-refractivity contribution in [3.05, 3.63) is 33.7 Å². The van der Waals surface area contributed by atoms with E-state index in [0.29, 0.717) is 19.7 Å². The first-order chi connectivity index (χ1) is 10.3. The number of halogens is 1. The van der Waals surface area contributed by atoms with Crippen molar-refractivity contribution in [3.63, 3.8) is 0 Å². The Morgan fingerprint density at radius 1 is 1.45 bits per heavy atom. The van der Waals surface area contributed by atoms with E-state index in [2.05, 4.69) is 27.6 Å². The zero-order chi connectivity index (χ0) is 16.2. The molecule has 1 aromatic rings. The molecule has 1 amide bonds. The number of nitrogens with zero attached hydrogens (tertiary/aromatic N) is 2. The largest absolute Gasteiger partial charge is 0.486 e. The van der Waals surface area contributed by atoms with Gasteiger partial charge >= 0.3 is 6.09 Å². The smallest absolute Gasteiger partial charge is 0.410 e. The monoisotopic (exact) mass is 416 g/mol. The number of carbonyl (C=O) groups is 1. The highest BCUT2D eigenvalue weighted by Gasteiger charge is 2.23. The van der Waals surface area contributed by atoms with Gasteiger partial charge in [0.1, 0.15) is 15.9 Å². The number of pyridine rings is 1. The lowest BCUT2D eigenvalue weighted by molar-refractivity contribution is 0.0264. The summed E-state index contributed by atoms with van der Waals surface area (Å²) in [4.78, 5) is 17.9. The average molecular weight is 416 g/mol. The summed E-state index contributed by atoms with van der Waals surface area (Å²) >= 11 is 2.15. The minimum Gasteiger partial charge on any atom is -0.486 e. The van der Waals surface area contributed by atoms with Gasteiger partial charge in [0.2, 0.25) is 0 Å². The number of carbonyl (C=O) groups excluding carboxylic acids is 1. The highest BCUT2D eigenvalue weighted by atomic mass is 127. The lowest BCUT2D eigenvalue weighted by atomic mass is 10.1. The maximum absolute atomic E-state index is 12.0. The zero-order valence-corrected chi connectivity index (χ0v) is 15.3. The highest BCUT2D eigenvalue weighted by Crippen LogP contribution is 2.20. The summed E-state index contributed by atoms with van der Waals surface area (Å²) in [6.45, 7) is 7.38. The Balaban J connectivity index is 1.84. The van der Waals surface area contributed by atoms with Crippen LogP contribution in [0.3, 0.4) is 0 Å². The van der Waals surface area contributed by atoms with E-state index in [9.17, 15) is 4.79 Å². The lowest BCUT2D eigenvalue weighted by Gasteiger charge is -2.29. The van der Waals surface area contributed by atoms with Crippen LogP contribution in [0.15, 0.2) is 30.0 Å². The molecular formula is C16H21IN2O3. The van der Waals surface area contributed by atoms with Crippen LogP contribution >= 0.6 is 22.6 Å². The molecule has 1 aliphatic rings. The Bertz CT molecular complexity index is 567. The molecule has 0 radical (unpaired) electrons. The second-order valence-electron chi connectivity index (χ2n) is 6.12. The van der Waals surface area contributed by atoms with Crippen LogP contribution in [0, 0.1) is 3.70 Å².